The molecule has 1 saturated carbocycles. The summed E-state index contributed by atoms with van der Waals surface area (Å²) < 4.78 is 32.2. The van der Waals surface area contributed by atoms with E-state index in [2.05, 4.69) is 25.4 Å². The first kappa shape index (κ1) is 18.9. The zero-order chi connectivity index (χ0) is 17.9. The second-order valence-electron chi connectivity index (χ2n) is 5.59. The van der Waals surface area contributed by atoms with Gasteiger partial charge < -0.3 is 9.64 Å². The van der Waals surface area contributed by atoms with Crippen molar-refractivity contribution in [3.05, 3.63) is 28.2 Å². The van der Waals surface area contributed by atoms with E-state index in [0.29, 0.717) is 4.47 Å². The van der Waals surface area contributed by atoms with E-state index in [1.165, 1.54) is 30.2 Å². The van der Waals surface area contributed by atoms with Gasteiger partial charge in [-0.05, 0) is 47.0 Å². The number of benzene rings is 1. The Morgan fingerprint density at radius 1 is 1.38 bits per heavy atom. The molecule has 0 aromatic heterocycles. The SMILES string of the molecule is COC(=O)CCN(C)C(=O)c1cc(S(=O)(=O)NC2CC2)ccc1Br. The predicted molar refractivity (Wildman–Crippen MR) is 91.1 cm³/mol. The van der Waals surface area contributed by atoms with Gasteiger partial charge in [-0.25, -0.2) is 13.1 Å². The lowest BCUT2D eigenvalue weighted by Crippen LogP contribution is -2.30. The van der Waals surface area contributed by atoms with E-state index in [1.54, 1.807) is 7.05 Å². The Hall–Kier alpha value is -1.45. The summed E-state index contributed by atoms with van der Waals surface area (Å²) in [6, 6.07) is 4.30. The molecule has 1 aromatic rings. The zero-order valence-electron chi connectivity index (χ0n) is 13.4. The van der Waals surface area contributed by atoms with Crippen LogP contribution >= 0.6 is 15.9 Å². The monoisotopic (exact) mass is 418 g/mol. The molecular weight excluding hydrogens is 400 g/mol. The Labute approximate surface area is 149 Å². The molecule has 2 rings (SSSR count). The maximum Gasteiger partial charge on any atom is 0.307 e. The molecule has 1 fully saturated rings. The van der Waals surface area contributed by atoms with Gasteiger partial charge in [0.1, 0.15) is 0 Å². The molecule has 1 aromatic carbocycles. The highest BCUT2D eigenvalue weighted by molar-refractivity contribution is 9.10. The molecule has 24 heavy (non-hydrogen) atoms. The van der Waals surface area contributed by atoms with Gasteiger partial charge in [-0.15, -0.1) is 0 Å². The molecule has 0 radical (unpaired) electrons. The number of rotatable bonds is 7. The molecule has 0 saturated heterocycles. The number of ether oxygens (including phenoxy) is 1. The van der Waals surface area contributed by atoms with Gasteiger partial charge in [0.2, 0.25) is 10.0 Å². The van der Waals surface area contributed by atoms with Gasteiger partial charge in [0, 0.05) is 24.1 Å². The maximum atomic E-state index is 12.5. The van der Waals surface area contributed by atoms with Crippen LogP contribution in [0, 0.1) is 0 Å². The van der Waals surface area contributed by atoms with Crippen molar-refractivity contribution >= 4 is 37.8 Å². The fourth-order valence-electron chi connectivity index (χ4n) is 1.99. The van der Waals surface area contributed by atoms with Crippen LogP contribution < -0.4 is 4.72 Å². The van der Waals surface area contributed by atoms with Crippen LogP contribution in [0.25, 0.3) is 0 Å². The van der Waals surface area contributed by atoms with E-state index in [1.807, 2.05) is 0 Å². The third-order valence-electron chi connectivity index (χ3n) is 3.60. The average Bonchev–Trinajstić information content (AvgIpc) is 3.34. The van der Waals surface area contributed by atoms with E-state index >= 15 is 0 Å². The number of hydrogen-bond acceptors (Lipinski definition) is 5. The molecule has 0 unspecified atom stereocenters. The van der Waals surface area contributed by atoms with Crippen LogP contribution in [0.5, 0.6) is 0 Å². The lowest BCUT2D eigenvalue weighted by molar-refractivity contribution is -0.140. The van der Waals surface area contributed by atoms with Crippen LogP contribution in [0.4, 0.5) is 0 Å². The molecule has 0 heterocycles. The number of amides is 1. The normalized spacial score (nSPS) is 14.3. The lowest BCUT2D eigenvalue weighted by Gasteiger charge is -2.18. The lowest BCUT2D eigenvalue weighted by atomic mass is 10.2. The minimum absolute atomic E-state index is 0.0134. The molecular formula is C15H19BrN2O5S. The smallest absolute Gasteiger partial charge is 0.307 e. The average molecular weight is 419 g/mol. The topological polar surface area (TPSA) is 92.8 Å². The first-order valence-electron chi connectivity index (χ1n) is 7.38. The first-order chi connectivity index (χ1) is 11.2. The Bertz CT molecular complexity index is 746. The molecule has 0 aliphatic heterocycles. The minimum Gasteiger partial charge on any atom is -0.469 e. The Kier molecular flexibility index (Phi) is 6.00. The highest BCUT2D eigenvalue weighted by Gasteiger charge is 2.29. The highest BCUT2D eigenvalue weighted by Crippen LogP contribution is 2.25. The van der Waals surface area contributed by atoms with Gasteiger partial charge in [-0.3, -0.25) is 9.59 Å². The molecule has 132 valence electrons. The largest absolute Gasteiger partial charge is 0.469 e. The van der Waals surface area contributed by atoms with Gasteiger partial charge in [0.25, 0.3) is 5.91 Å². The van der Waals surface area contributed by atoms with Crippen molar-refractivity contribution in [2.24, 2.45) is 0 Å². The molecule has 1 aliphatic rings. The van der Waals surface area contributed by atoms with Crippen molar-refractivity contribution in [2.45, 2.75) is 30.2 Å². The van der Waals surface area contributed by atoms with Crippen LogP contribution in [0.2, 0.25) is 0 Å². The Balaban J connectivity index is 2.18. The number of methoxy groups -OCH3 is 1. The summed E-state index contributed by atoms with van der Waals surface area (Å²) >= 11 is 3.27. The molecule has 0 spiro atoms. The molecule has 0 bridgehead atoms. The van der Waals surface area contributed by atoms with Gasteiger partial charge in [-0.2, -0.15) is 0 Å². The van der Waals surface area contributed by atoms with Crippen molar-refractivity contribution in [1.29, 1.82) is 0 Å². The van der Waals surface area contributed by atoms with Crippen molar-refractivity contribution < 1.29 is 22.7 Å². The number of halogens is 1. The van der Waals surface area contributed by atoms with E-state index in [9.17, 15) is 18.0 Å². The predicted octanol–water partition coefficient (Wildman–Crippen LogP) is 1.52. The summed E-state index contributed by atoms with van der Waals surface area (Å²) in [6.45, 7) is 0.176. The number of carbonyl (C=O) groups excluding carboxylic acids is 2. The van der Waals surface area contributed by atoms with Crippen LogP contribution in [0.3, 0.4) is 0 Å². The quantitative estimate of drug-likeness (QED) is 0.677. The van der Waals surface area contributed by atoms with Crippen molar-refractivity contribution in [3.63, 3.8) is 0 Å². The van der Waals surface area contributed by atoms with Crippen LogP contribution in [-0.2, 0) is 19.6 Å². The summed E-state index contributed by atoms with van der Waals surface area (Å²) in [7, 11) is -0.818. The van der Waals surface area contributed by atoms with Gasteiger partial charge in [0.15, 0.2) is 0 Å². The fourth-order valence-corrected chi connectivity index (χ4v) is 3.74. The second-order valence-corrected chi connectivity index (χ2v) is 8.16. The third-order valence-corrected chi connectivity index (χ3v) is 5.81. The molecule has 1 aliphatic carbocycles. The zero-order valence-corrected chi connectivity index (χ0v) is 15.8. The van der Waals surface area contributed by atoms with E-state index in [-0.39, 0.29) is 35.4 Å². The standard InChI is InChI=1S/C15H19BrN2O5S/c1-18(8-7-14(19)23-2)15(20)12-9-11(5-6-13(12)16)24(21,22)17-10-3-4-10/h5-6,9-10,17H,3-4,7-8H2,1-2H3. The van der Waals surface area contributed by atoms with Crippen LogP contribution in [0.15, 0.2) is 27.6 Å². The van der Waals surface area contributed by atoms with E-state index < -0.39 is 16.0 Å². The Morgan fingerprint density at radius 2 is 2.04 bits per heavy atom. The van der Waals surface area contributed by atoms with Crippen molar-refractivity contribution in [3.8, 4) is 0 Å². The maximum absolute atomic E-state index is 12.5. The number of hydrogen-bond donors (Lipinski definition) is 1. The molecule has 1 amide bonds. The molecule has 7 nitrogen and oxygen atoms in total. The van der Waals surface area contributed by atoms with Crippen molar-refractivity contribution in [2.75, 3.05) is 20.7 Å². The summed E-state index contributed by atoms with van der Waals surface area (Å²) in [5.41, 5.74) is 0.223. The summed E-state index contributed by atoms with van der Waals surface area (Å²) in [4.78, 5) is 25.1. The van der Waals surface area contributed by atoms with Gasteiger partial charge in [-0.1, -0.05) is 0 Å². The van der Waals surface area contributed by atoms with Crippen LogP contribution in [-0.4, -0.2) is 51.9 Å². The number of sulfonamides is 1. The number of carbonyl (C=O) groups is 2. The first-order valence-corrected chi connectivity index (χ1v) is 9.66. The van der Waals surface area contributed by atoms with Crippen LogP contribution in [0.1, 0.15) is 29.6 Å². The minimum atomic E-state index is -3.64. The fraction of sp³-hybridized carbons (Fsp3) is 0.467. The number of nitrogens with zero attached hydrogens (tertiary/aromatic N) is 1. The third kappa shape index (κ3) is 4.78. The Morgan fingerprint density at radius 3 is 2.62 bits per heavy atom. The summed E-state index contributed by atoms with van der Waals surface area (Å²) in [6.07, 6.45) is 1.73. The summed E-state index contributed by atoms with van der Waals surface area (Å²) in [5, 5.41) is 0. The molecule has 9 heteroatoms. The van der Waals surface area contributed by atoms with E-state index in [4.69, 9.17) is 0 Å². The van der Waals surface area contributed by atoms with Crippen molar-refractivity contribution in [1.82, 2.24) is 9.62 Å². The van der Waals surface area contributed by atoms with E-state index in [0.717, 1.165) is 12.8 Å². The summed E-state index contributed by atoms with van der Waals surface area (Å²) in [5.74, 6) is -0.798. The number of nitrogens with one attached hydrogen (secondary N) is 1. The van der Waals surface area contributed by atoms with Gasteiger partial charge in [0.05, 0.1) is 24.0 Å². The highest BCUT2D eigenvalue weighted by atomic mass is 79.9. The molecule has 0 atom stereocenters. The molecule has 1 N–H and O–H groups in total. The van der Waals surface area contributed by atoms with Gasteiger partial charge >= 0.3 is 5.97 Å². The number of esters is 1. The second kappa shape index (κ2) is 7.62.